The molecule has 1 aromatic heterocycles. The minimum atomic E-state index is -1.33. The fraction of sp³-hybridized carbons (Fsp3) is 0.0625. The molecule has 2 N–H and O–H groups in total. The second-order valence-corrected chi connectivity index (χ2v) is 6.11. The van der Waals surface area contributed by atoms with E-state index >= 15 is 0 Å². The number of halogens is 1. The monoisotopic (exact) mass is 300 g/mol. The zero-order chi connectivity index (χ0) is 14.8. The third kappa shape index (κ3) is 2.78. The molecule has 1 atom stereocenters. The summed E-state index contributed by atoms with van der Waals surface area (Å²) in [4.78, 5) is 4.71. The Hall–Kier alpha value is -2.27. The predicted molar refractivity (Wildman–Crippen MR) is 82.7 cm³/mol. The SMILES string of the molecule is Nc1ccc(S(=O)Cc2ccnc3ccccc23)cc1F. The molecule has 3 aromatic rings. The van der Waals surface area contributed by atoms with Gasteiger partial charge in [0.15, 0.2) is 0 Å². The lowest BCUT2D eigenvalue weighted by molar-refractivity contribution is 0.627. The van der Waals surface area contributed by atoms with E-state index in [1.807, 2.05) is 30.3 Å². The molecule has 0 fully saturated rings. The van der Waals surface area contributed by atoms with E-state index in [-0.39, 0.29) is 5.69 Å². The highest BCUT2D eigenvalue weighted by Gasteiger charge is 2.10. The van der Waals surface area contributed by atoms with Crippen LogP contribution in [0.15, 0.2) is 59.6 Å². The molecule has 1 unspecified atom stereocenters. The molecule has 0 spiro atoms. The summed E-state index contributed by atoms with van der Waals surface area (Å²) in [5, 5.41) is 0.962. The van der Waals surface area contributed by atoms with Gasteiger partial charge in [0.25, 0.3) is 0 Å². The lowest BCUT2D eigenvalue weighted by atomic mass is 10.1. The highest BCUT2D eigenvalue weighted by atomic mass is 32.2. The first-order chi connectivity index (χ1) is 10.1. The average Bonchev–Trinajstić information content (AvgIpc) is 2.50. The van der Waals surface area contributed by atoms with Crippen LogP contribution in [-0.4, -0.2) is 9.19 Å². The topological polar surface area (TPSA) is 56.0 Å². The largest absolute Gasteiger partial charge is 0.396 e. The van der Waals surface area contributed by atoms with Gasteiger partial charge in [-0.2, -0.15) is 0 Å². The number of fused-ring (bicyclic) bond motifs is 1. The highest BCUT2D eigenvalue weighted by Crippen LogP contribution is 2.21. The van der Waals surface area contributed by atoms with Crippen LogP contribution < -0.4 is 5.73 Å². The van der Waals surface area contributed by atoms with Gasteiger partial charge in [0.2, 0.25) is 0 Å². The van der Waals surface area contributed by atoms with Crippen molar-refractivity contribution in [1.82, 2.24) is 4.98 Å². The highest BCUT2D eigenvalue weighted by molar-refractivity contribution is 7.84. The standard InChI is InChI=1S/C16H13FN2OS/c17-14-9-12(5-6-15(14)18)21(20)10-11-7-8-19-16-4-2-1-3-13(11)16/h1-9H,10,18H2. The minimum Gasteiger partial charge on any atom is -0.396 e. The number of hydrogen-bond donors (Lipinski definition) is 1. The van der Waals surface area contributed by atoms with Crippen molar-refractivity contribution in [2.24, 2.45) is 0 Å². The van der Waals surface area contributed by atoms with Gasteiger partial charge in [-0.3, -0.25) is 9.19 Å². The maximum Gasteiger partial charge on any atom is 0.147 e. The van der Waals surface area contributed by atoms with Gasteiger partial charge in [-0.05, 0) is 35.9 Å². The summed E-state index contributed by atoms with van der Waals surface area (Å²) < 4.78 is 25.9. The number of nitrogen functional groups attached to an aromatic ring is 1. The van der Waals surface area contributed by atoms with Gasteiger partial charge >= 0.3 is 0 Å². The van der Waals surface area contributed by atoms with Crippen LogP contribution in [0.5, 0.6) is 0 Å². The van der Waals surface area contributed by atoms with Crippen LogP contribution in [0.3, 0.4) is 0 Å². The Morgan fingerprint density at radius 3 is 2.76 bits per heavy atom. The quantitative estimate of drug-likeness (QED) is 0.755. The van der Waals surface area contributed by atoms with Gasteiger partial charge in [-0.25, -0.2) is 4.39 Å². The summed E-state index contributed by atoms with van der Waals surface area (Å²) in [5.41, 5.74) is 7.28. The Morgan fingerprint density at radius 2 is 1.95 bits per heavy atom. The van der Waals surface area contributed by atoms with Gasteiger partial charge < -0.3 is 5.73 Å². The number of aromatic nitrogens is 1. The third-order valence-corrected chi connectivity index (χ3v) is 4.61. The fourth-order valence-electron chi connectivity index (χ4n) is 2.15. The maximum atomic E-state index is 13.5. The first-order valence-corrected chi connectivity index (χ1v) is 7.73. The summed E-state index contributed by atoms with van der Waals surface area (Å²) in [6.07, 6.45) is 1.69. The molecular weight excluding hydrogens is 287 g/mol. The summed E-state index contributed by atoms with van der Waals surface area (Å²) in [6.45, 7) is 0. The molecule has 0 bridgehead atoms. The first kappa shape index (κ1) is 13.7. The number of pyridine rings is 1. The molecule has 106 valence electrons. The van der Waals surface area contributed by atoms with Crippen LogP contribution in [-0.2, 0) is 16.6 Å². The Morgan fingerprint density at radius 1 is 1.14 bits per heavy atom. The lowest BCUT2D eigenvalue weighted by Gasteiger charge is -2.07. The van der Waals surface area contributed by atoms with E-state index in [4.69, 9.17) is 5.73 Å². The van der Waals surface area contributed by atoms with Crippen LogP contribution in [0.1, 0.15) is 5.56 Å². The molecule has 0 amide bonds. The normalized spacial score (nSPS) is 12.4. The van der Waals surface area contributed by atoms with Crippen molar-refractivity contribution < 1.29 is 8.60 Å². The molecular formula is C16H13FN2OS. The number of para-hydroxylation sites is 1. The molecule has 3 rings (SSSR count). The Kier molecular flexibility index (Phi) is 3.66. The van der Waals surface area contributed by atoms with Crippen LogP contribution in [0.2, 0.25) is 0 Å². The smallest absolute Gasteiger partial charge is 0.147 e. The second-order valence-electron chi connectivity index (χ2n) is 4.66. The minimum absolute atomic E-state index is 0.0603. The van der Waals surface area contributed by atoms with E-state index in [0.717, 1.165) is 16.5 Å². The molecule has 0 aliphatic carbocycles. The molecule has 0 saturated carbocycles. The van der Waals surface area contributed by atoms with Gasteiger partial charge in [0.05, 0.1) is 27.8 Å². The number of hydrogen-bond acceptors (Lipinski definition) is 3. The zero-order valence-corrected chi connectivity index (χ0v) is 11.9. The van der Waals surface area contributed by atoms with Crippen molar-refractivity contribution in [3.05, 3.63) is 66.1 Å². The molecule has 0 aliphatic heterocycles. The maximum absolute atomic E-state index is 13.5. The number of nitrogens with two attached hydrogens (primary N) is 1. The summed E-state index contributed by atoms with van der Waals surface area (Å²) in [7, 11) is -1.33. The molecule has 0 aliphatic rings. The number of anilines is 1. The summed E-state index contributed by atoms with van der Waals surface area (Å²) in [6, 6.07) is 13.8. The Bertz CT molecular complexity index is 830. The summed E-state index contributed by atoms with van der Waals surface area (Å²) >= 11 is 0. The van der Waals surface area contributed by atoms with Crippen molar-refractivity contribution in [3.8, 4) is 0 Å². The van der Waals surface area contributed by atoms with E-state index in [9.17, 15) is 8.60 Å². The number of benzene rings is 2. The first-order valence-electron chi connectivity index (χ1n) is 6.41. The van der Waals surface area contributed by atoms with Crippen LogP contribution >= 0.6 is 0 Å². The lowest BCUT2D eigenvalue weighted by Crippen LogP contribution is -2.00. The van der Waals surface area contributed by atoms with Gasteiger partial charge in [-0.15, -0.1) is 0 Å². The number of rotatable bonds is 3. The van der Waals surface area contributed by atoms with E-state index < -0.39 is 16.6 Å². The van der Waals surface area contributed by atoms with E-state index in [1.54, 1.807) is 12.3 Å². The van der Waals surface area contributed by atoms with Crippen molar-refractivity contribution >= 4 is 27.4 Å². The molecule has 5 heteroatoms. The second kappa shape index (κ2) is 5.61. The van der Waals surface area contributed by atoms with Crippen molar-refractivity contribution in [3.63, 3.8) is 0 Å². The predicted octanol–water partition coefficient (Wildman–Crippen LogP) is 3.26. The van der Waals surface area contributed by atoms with Gasteiger partial charge in [-0.1, -0.05) is 18.2 Å². The molecule has 2 aromatic carbocycles. The van der Waals surface area contributed by atoms with Crippen molar-refractivity contribution in [1.29, 1.82) is 0 Å². The van der Waals surface area contributed by atoms with E-state index in [2.05, 4.69) is 4.98 Å². The van der Waals surface area contributed by atoms with Crippen molar-refractivity contribution in [2.45, 2.75) is 10.6 Å². The average molecular weight is 300 g/mol. The van der Waals surface area contributed by atoms with Crippen LogP contribution in [0, 0.1) is 5.82 Å². The van der Waals surface area contributed by atoms with E-state index in [0.29, 0.717) is 10.6 Å². The molecule has 3 nitrogen and oxygen atoms in total. The van der Waals surface area contributed by atoms with Crippen LogP contribution in [0.25, 0.3) is 10.9 Å². The zero-order valence-electron chi connectivity index (χ0n) is 11.1. The molecule has 0 saturated heterocycles. The van der Waals surface area contributed by atoms with Gasteiger partial charge in [0.1, 0.15) is 5.82 Å². The summed E-state index contributed by atoms with van der Waals surface area (Å²) in [5.74, 6) is -0.229. The van der Waals surface area contributed by atoms with Crippen molar-refractivity contribution in [2.75, 3.05) is 5.73 Å². The third-order valence-electron chi connectivity index (χ3n) is 3.26. The fourth-order valence-corrected chi connectivity index (χ4v) is 3.31. The molecule has 21 heavy (non-hydrogen) atoms. The number of nitrogens with zero attached hydrogens (tertiary/aromatic N) is 1. The molecule has 0 radical (unpaired) electrons. The Labute approximate surface area is 124 Å². The van der Waals surface area contributed by atoms with Gasteiger partial charge in [0, 0.05) is 16.5 Å². The van der Waals surface area contributed by atoms with Crippen LogP contribution in [0.4, 0.5) is 10.1 Å². The molecule has 1 heterocycles. The van der Waals surface area contributed by atoms with E-state index in [1.165, 1.54) is 12.1 Å². The Balaban J connectivity index is 1.94.